The molecule has 0 aliphatic heterocycles. The highest BCUT2D eigenvalue weighted by atomic mass is 35.5. The molecule has 1 unspecified atom stereocenters. The summed E-state index contributed by atoms with van der Waals surface area (Å²) in [6.45, 7) is 2.54. The minimum Gasteiger partial charge on any atom is -0.497 e. The molecule has 1 aliphatic carbocycles. The summed E-state index contributed by atoms with van der Waals surface area (Å²) < 4.78 is 25.9. The van der Waals surface area contributed by atoms with Gasteiger partial charge in [-0.05, 0) is 61.4 Å². The number of fused-ring (bicyclic) bond motifs is 1. The molecule has 0 N–H and O–H groups in total. The maximum Gasteiger partial charge on any atom is 0.196 e. The number of alkyl halides is 1. The van der Waals surface area contributed by atoms with Crippen LogP contribution in [0.4, 0.5) is 4.39 Å². The van der Waals surface area contributed by atoms with Gasteiger partial charge in [0.15, 0.2) is 5.78 Å². The van der Waals surface area contributed by atoms with E-state index in [4.69, 9.17) is 21.1 Å². The first-order valence-electron chi connectivity index (χ1n) is 10.00. The van der Waals surface area contributed by atoms with Crippen molar-refractivity contribution in [2.24, 2.45) is 5.92 Å². The number of Topliss-reactive ketones (excluding diaryl/α,β-unsaturated/α-hetero) is 1. The van der Waals surface area contributed by atoms with Crippen molar-refractivity contribution in [2.45, 2.75) is 32.6 Å². The Bertz CT molecular complexity index is 890. The van der Waals surface area contributed by atoms with Crippen molar-refractivity contribution in [1.29, 1.82) is 0 Å². The molecule has 29 heavy (non-hydrogen) atoms. The molecule has 2 aromatic carbocycles. The quantitative estimate of drug-likeness (QED) is 0.489. The van der Waals surface area contributed by atoms with Gasteiger partial charge in [-0.1, -0.05) is 25.1 Å². The summed E-state index contributed by atoms with van der Waals surface area (Å²) in [6.07, 6.45) is 5.00. The smallest absolute Gasteiger partial charge is 0.196 e. The average molecular weight is 417 g/mol. The van der Waals surface area contributed by atoms with Crippen LogP contribution in [0, 0.1) is 11.7 Å². The highest BCUT2D eigenvalue weighted by Gasteiger charge is 2.29. The summed E-state index contributed by atoms with van der Waals surface area (Å²) in [6, 6.07) is 10.2. The Kier molecular flexibility index (Phi) is 7.32. The largest absolute Gasteiger partial charge is 0.497 e. The molecular formula is C24H26ClFO3. The molecule has 154 valence electrons. The second-order valence-corrected chi connectivity index (χ2v) is 7.56. The monoisotopic (exact) mass is 416 g/mol. The first kappa shape index (κ1) is 21.4. The van der Waals surface area contributed by atoms with E-state index in [0.717, 1.165) is 24.8 Å². The number of hydrogen-bond donors (Lipinski definition) is 0. The van der Waals surface area contributed by atoms with Crippen molar-refractivity contribution in [2.75, 3.05) is 19.6 Å². The third-order valence-corrected chi connectivity index (χ3v) is 5.40. The number of carbonyl (C=O) groups excluding carboxylic acids is 1. The van der Waals surface area contributed by atoms with Gasteiger partial charge in [0, 0.05) is 17.0 Å². The predicted octanol–water partition coefficient (Wildman–Crippen LogP) is 6.08. The maximum absolute atomic E-state index is 14.8. The van der Waals surface area contributed by atoms with Gasteiger partial charge < -0.3 is 9.47 Å². The molecule has 0 bridgehead atoms. The van der Waals surface area contributed by atoms with Crippen LogP contribution in [0.15, 0.2) is 42.5 Å². The molecule has 3 nitrogen and oxygen atoms in total. The standard InChI is InChI=1S/C24H26ClFO3/c1-3-13-29-22-11-10-21(26)23-20(22)15-16(5-4-12-25)14-19(24(23)27)17-6-8-18(28-2)9-7-17/h6-11,14,16H,3-5,12-13,15H2,1-2H3. The van der Waals surface area contributed by atoms with Gasteiger partial charge in [-0.3, -0.25) is 4.79 Å². The van der Waals surface area contributed by atoms with Crippen LogP contribution in [-0.2, 0) is 6.42 Å². The number of allylic oxidation sites excluding steroid dienone is 2. The number of benzene rings is 2. The molecule has 0 radical (unpaired) electrons. The van der Waals surface area contributed by atoms with Crippen molar-refractivity contribution in [3.05, 3.63) is 65.0 Å². The lowest BCUT2D eigenvalue weighted by Gasteiger charge is -2.16. The van der Waals surface area contributed by atoms with Gasteiger partial charge in [-0.15, -0.1) is 11.6 Å². The lowest BCUT2D eigenvalue weighted by molar-refractivity contribution is 0.105. The Hall–Kier alpha value is -2.33. The van der Waals surface area contributed by atoms with E-state index in [1.54, 1.807) is 25.3 Å². The molecule has 1 aliphatic rings. The number of hydrogen-bond acceptors (Lipinski definition) is 3. The minimum absolute atomic E-state index is 0.0711. The van der Waals surface area contributed by atoms with Crippen LogP contribution in [0.2, 0.25) is 0 Å². The van der Waals surface area contributed by atoms with Crippen molar-refractivity contribution < 1.29 is 18.7 Å². The Balaban J connectivity index is 2.10. The zero-order chi connectivity index (χ0) is 20.8. The molecule has 0 saturated heterocycles. The fraction of sp³-hybridized carbons (Fsp3) is 0.375. The van der Waals surface area contributed by atoms with Crippen LogP contribution in [0.3, 0.4) is 0 Å². The number of halogens is 2. The van der Waals surface area contributed by atoms with E-state index in [9.17, 15) is 9.18 Å². The van der Waals surface area contributed by atoms with Crippen LogP contribution in [0.25, 0.3) is 5.57 Å². The van der Waals surface area contributed by atoms with Crippen LogP contribution in [0.1, 0.15) is 47.7 Å². The van der Waals surface area contributed by atoms with Crippen LogP contribution in [0.5, 0.6) is 11.5 Å². The first-order valence-corrected chi connectivity index (χ1v) is 10.5. The zero-order valence-corrected chi connectivity index (χ0v) is 17.6. The molecular weight excluding hydrogens is 391 g/mol. The number of rotatable bonds is 8. The third kappa shape index (κ3) is 4.81. The van der Waals surface area contributed by atoms with Crippen LogP contribution >= 0.6 is 11.6 Å². The summed E-state index contributed by atoms with van der Waals surface area (Å²) in [5.41, 5.74) is 2.04. The number of ketones is 1. The van der Waals surface area contributed by atoms with E-state index in [1.807, 2.05) is 25.1 Å². The van der Waals surface area contributed by atoms with Crippen molar-refractivity contribution in [3.8, 4) is 11.5 Å². The fourth-order valence-corrected chi connectivity index (χ4v) is 3.84. The number of carbonyl (C=O) groups is 1. The molecule has 0 heterocycles. The van der Waals surface area contributed by atoms with Gasteiger partial charge in [0.05, 0.1) is 19.3 Å². The Morgan fingerprint density at radius 3 is 2.59 bits per heavy atom. The van der Waals surface area contributed by atoms with Gasteiger partial charge in [0.25, 0.3) is 0 Å². The lowest BCUT2D eigenvalue weighted by Crippen LogP contribution is -2.10. The first-order chi connectivity index (χ1) is 14.1. The number of methoxy groups -OCH3 is 1. The molecule has 1 atom stereocenters. The van der Waals surface area contributed by atoms with Crippen molar-refractivity contribution in [1.82, 2.24) is 0 Å². The minimum atomic E-state index is -0.508. The van der Waals surface area contributed by atoms with Gasteiger partial charge >= 0.3 is 0 Å². The summed E-state index contributed by atoms with van der Waals surface area (Å²) in [5.74, 6) is 1.10. The summed E-state index contributed by atoms with van der Waals surface area (Å²) in [5, 5.41) is 0. The van der Waals surface area contributed by atoms with E-state index in [-0.39, 0.29) is 17.3 Å². The topological polar surface area (TPSA) is 35.5 Å². The van der Waals surface area contributed by atoms with E-state index in [2.05, 4.69) is 0 Å². The maximum atomic E-state index is 14.8. The Morgan fingerprint density at radius 2 is 1.93 bits per heavy atom. The van der Waals surface area contributed by atoms with Crippen molar-refractivity contribution >= 4 is 23.0 Å². The summed E-state index contributed by atoms with van der Waals surface area (Å²) in [4.78, 5) is 13.4. The van der Waals surface area contributed by atoms with Gasteiger partial charge in [0.1, 0.15) is 17.3 Å². The van der Waals surface area contributed by atoms with Crippen LogP contribution in [-0.4, -0.2) is 25.4 Å². The Morgan fingerprint density at radius 1 is 1.17 bits per heavy atom. The highest BCUT2D eigenvalue weighted by molar-refractivity contribution is 6.30. The Labute approximate surface area is 176 Å². The van der Waals surface area contributed by atoms with Gasteiger partial charge in [0.2, 0.25) is 0 Å². The third-order valence-electron chi connectivity index (χ3n) is 5.13. The highest BCUT2D eigenvalue weighted by Crippen LogP contribution is 2.37. The molecule has 0 spiro atoms. The lowest BCUT2D eigenvalue weighted by atomic mass is 9.93. The number of ether oxygens (including phenoxy) is 2. The van der Waals surface area contributed by atoms with E-state index < -0.39 is 5.82 Å². The summed E-state index contributed by atoms with van der Waals surface area (Å²) >= 11 is 5.92. The zero-order valence-electron chi connectivity index (χ0n) is 16.8. The second-order valence-electron chi connectivity index (χ2n) is 7.18. The molecule has 5 heteroatoms. The normalized spacial score (nSPS) is 16.1. The average Bonchev–Trinajstić information content (AvgIpc) is 2.89. The fourth-order valence-electron chi connectivity index (χ4n) is 3.69. The van der Waals surface area contributed by atoms with Gasteiger partial charge in [-0.2, -0.15) is 0 Å². The van der Waals surface area contributed by atoms with E-state index >= 15 is 0 Å². The second kappa shape index (κ2) is 9.93. The van der Waals surface area contributed by atoms with Crippen LogP contribution < -0.4 is 9.47 Å². The van der Waals surface area contributed by atoms with Gasteiger partial charge in [-0.25, -0.2) is 4.39 Å². The molecule has 0 aromatic heterocycles. The predicted molar refractivity (Wildman–Crippen MR) is 115 cm³/mol. The molecule has 0 fully saturated rings. The molecule has 0 saturated carbocycles. The van der Waals surface area contributed by atoms with E-state index in [1.165, 1.54) is 6.07 Å². The van der Waals surface area contributed by atoms with Crippen molar-refractivity contribution in [3.63, 3.8) is 0 Å². The van der Waals surface area contributed by atoms with E-state index in [0.29, 0.717) is 41.5 Å². The SMILES string of the molecule is CCCOc1ccc(F)c2c1CC(CCCCl)C=C(c1ccc(OC)cc1)C2=O. The molecule has 3 rings (SSSR count). The summed E-state index contributed by atoms with van der Waals surface area (Å²) in [7, 11) is 1.59. The molecule has 2 aromatic rings. The molecule has 0 amide bonds.